The Bertz CT molecular complexity index is 1220. The minimum absolute atomic E-state index is 0.0213. The van der Waals surface area contributed by atoms with E-state index in [9.17, 15) is 25.2 Å². The number of fused-ring (bicyclic) bond motifs is 3. The molecule has 0 fully saturated rings. The van der Waals surface area contributed by atoms with E-state index in [1.807, 2.05) is 0 Å². The van der Waals surface area contributed by atoms with E-state index in [0.717, 1.165) is 6.07 Å². The van der Waals surface area contributed by atoms with E-state index in [0.29, 0.717) is 10.9 Å². The molecule has 0 aliphatic heterocycles. The Labute approximate surface area is 134 Å². The van der Waals surface area contributed by atoms with Crippen LogP contribution in [0.5, 0.6) is 23.0 Å². The number of benzene rings is 3. The van der Waals surface area contributed by atoms with Gasteiger partial charge in [-0.05, 0) is 36.1 Å². The predicted octanol–water partition coefficient (Wildman–Crippen LogP) is 3.23. The lowest BCUT2D eigenvalue weighted by Crippen LogP contribution is -1.96. The SMILES string of the molecule is Cc1cc(O)cc2oc3cc4cc(=O)cc(O)c4c(O)c3c(O)c12. The number of phenols is 3. The van der Waals surface area contributed by atoms with Gasteiger partial charge >= 0.3 is 0 Å². The van der Waals surface area contributed by atoms with Gasteiger partial charge in [0, 0.05) is 12.1 Å². The highest BCUT2D eigenvalue weighted by Crippen LogP contribution is 2.46. The largest absolute Gasteiger partial charge is 0.508 e. The summed E-state index contributed by atoms with van der Waals surface area (Å²) < 4.78 is 5.69. The van der Waals surface area contributed by atoms with Crippen molar-refractivity contribution in [2.75, 3.05) is 0 Å². The van der Waals surface area contributed by atoms with Crippen LogP contribution in [-0.2, 0) is 0 Å². The van der Waals surface area contributed by atoms with Crippen molar-refractivity contribution >= 4 is 32.7 Å². The van der Waals surface area contributed by atoms with E-state index in [4.69, 9.17) is 4.42 Å². The van der Waals surface area contributed by atoms with Crippen LogP contribution in [0.3, 0.4) is 0 Å². The summed E-state index contributed by atoms with van der Waals surface area (Å²) in [6.07, 6.45) is 0. The van der Waals surface area contributed by atoms with Gasteiger partial charge in [-0.3, -0.25) is 4.79 Å². The van der Waals surface area contributed by atoms with Crippen molar-refractivity contribution < 1.29 is 24.8 Å². The molecule has 120 valence electrons. The third-order valence-corrected chi connectivity index (χ3v) is 4.11. The second kappa shape index (κ2) is 4.55. The fourth-order valence-electron chi connectivity index (χ4n) is 3.12. The average Bonchev–Trinajstić information content (AvgIpc) is 2.44. The van der Waals surface area contributed by atoms with Crippen LogP contribution in [0.1, 0.15) is 5.56 Å². The Morgan fingerprint density at radius 3 is 2.21 bits per heavy atom. The van der Waals surface area contributed by atoms with Gasteiger partial charge in [0.25, 0.3) is 0 Å². The zero-order valence-electron chi connectivity index (χ0n) is 12.5. The maximum absolute atomic E-state index is 11.6. The number of aryl methyl sites for hydroxylation is 1. The van der Waals surface area contributed by atoms with Crippen LogP contribution in [-0.4, -0.2) is 20.4 Å². The molecule has 24 heavy (non-hydrogen) atoms. The van der Waals surface area contributed by atoms with Crippen molar-refractivity contribution in [3.8, 4) is 23.0 Å². The smallest absolute Gasteiger partial charge is 0.182 e. The first-order chi connectivity index (χ1) is 11.4. The fraction of sp³-hybridized carbons (Fsp3) is 0.0556. The molecule has 6 heteroatoms. The van der Waals surface area contributed by atoms with Gasteiger partial charge in [-0.15, -0.1) is 0 Å². The Balaban J connectivity index is 2.32. The van der Waals surface area contributed by atoms with Gasteiger partial charge in [0.05, 0.1) is 10.8 Å². The molecule has 0 bridgehead atoms. The zero-order valence-corrected chi connectivity index (χ0v) is 12.5. The van der Waals surface area contributed by atoms with Gasteiger partial charge in [-0.25, -0.2) is 0 Å². The van der Waals surface area contributed by atoms with Crippen LogP contribution in [0.4, 0.5) is 0 Å². The van der Waals surface area contributed by atoms with Crippen molar-refractivity contribution in [3.63, 3.8) is 0 Å². The molecular formula is C18H12O6. The van der Waals surface area contributed by atoms with Gasteiger partial charge in [-0.2, -0.15) is 0 Å². The van der Waals surface area contributed by atoms with Crippen molar-refractivity contribution in [3.05, 3.63) is 46.1 Å². The van der Waals surface area contributed by atoms with Gasteiger partial charge in [0.2, 0.25) is 0 Å². The average molecular weight is 324 g/mol. The number of rotatable bonds is 0. The molecule has 3 aromatic carbocycles. The maximum Gasteiger partial charge on any atom is 0.182 e. The van der Waals surface area contributed by atoms with Gasteiger partial charge in [-0.1, -0.05) is 0 Å². The Morgan fingerprint density at radius 1 is 0.792 bits per heavy atom. The van der Waals surface area contributed by atoms with Crippen LogP contribution in [0.15, 0.2) is 39.5 Å². The van der Waals surface area contributed by atoms with Crippen molar-refractivity contribution in [2.24, 2.45) is 0 Å². The molecule has 0 aliphatic rings. The molecule has 4 aromatic rings. The van der Waals surface area contributed by atoms with Crippen LogP contribution in [0, 0.1) is 6.92 Å². The third-order valence-electron chi connectivity index (χ3n) is 4.11. The summed E-state index contributed by atoms with van der Waals surface area (Å²) in [5.74, 6) is -1.00. The minimum atomic E-state index is -0.419. The second-order valence-corrected chi connectivity index (χ2v) is 5.73. The maximum atomic E-state index is 11.6. The predicted molar refractivity (Wildman–Crippen MR) is 88.9 cm³/mol. The monoisotopic (exact) mass is 324 g/mol. The topological polar surface area (TPSA) is 111 Å². The number of hydrogen-bond acceptors (Lipinski definition) is 6. The standard InChI is InChI=1S/C18H12O6/c1-7-2-9(19)6-13-14(7)17(22)16-12(24-13)4-8-3-10(20)5-11(21)15(8)18(16)23/h2-6,19,21-23H,1H3. The highest BCUT2D eigenvalue weighted by Gasteiger charge is 2.19. The number of hydrogen-bond donors (Lipinski definition) is 4. The molecule has 0 saturated heterocycles. The highest BCUT2D eigenvalue weighted by atomic mass is 16.3. The minimum Gasteiger partial charge on any atom is -0.508 e. The van der Waals surface area contributed by atoms with E-state index in [1.165, 1.54) is 24.3 Å². The molecule has 1 heterocycles. The van der Waals surface area contributed by atoms with Gasteiger partial charge in [0.15, 0.2) is 5.43 Å². The normalized spacial score (nSPS) is 11.5. The second-order valence-electron chi connectivity index (χ2n) is 5.73. The Morgan fingerprint density at radius 2 is 1.46 bits per heavy atom. The lowest BCUT2D eigenvalue weighted by molar-refractivity contribution is 0.458. The van der Waals surface area contributed by atoms with Crippen molar-refractivity contribution in [1.82, 2.24) is 0 Å². The summed E-state index contributed by atoms with van der Waals surface area (Å²) in [4.78, 5) is 11.6. The fourth-order valence-corrected chi connectivity index (χ4v) is 3.12. The quantitative estimate of drug-likeness (QED) is 0.370. The summed E-state index contributed by atoms with van der Waals surface area (Å²) in [7, 11) is 0. The first kappa shape index (κ1) is 14.2. The van der Waals surface area contributed by atoms with Gasteiger partial charge < -0.3 is 24.8 Å². The zero-order chi connectivity index (χ0) is 17.2. The summed E-state index contributed by atoms with van der Waals surface area (Å²) >= 11 is 0. The molecule has 4 N–H and O–H groups in total. The molecule has 0 radical (unpaired) electrons. The molecular weight excluding hydrogens is 312 g/mol. The van der Waals surface area contributed by atoms with Crippen molar-refractivity contribution in [2.45, 2.75) is 6.92 Å². The molecule has 0 aliphatic carbocycles. The molecule has 6 nitrogen and oxygen atoms in total. The van der Waals surface area contributed by atoms with E-state index in [1.54, 1.807) is 6.92 Å². The Kier molecular flexibility index (Phi) is 2.69. The summed E-state index contributed by atoms with van der Waals surface area (Å²) in [6, 6.07) is 6.50. The molecule has 1 aromatic heterocycles. The molecule has 0 atom stereocenters. The molecule has 4 rings (SSSR count). The van der Waals surface area contributed by atoms with Crippen LogP contribution in [0.25, 0.3) is 32.7 Å². The van der Waals surface area contributed by atoms with Crippen molar-refractivity contribution in [1.29, 1.82) is 0 Å². The van der Waals surface area contributed by atoms with Gasteiger partial charge in [0.1, 0.15) is 39.6 Å². The molecule has 0 spiro atoms. The molecule has 0 unspecified atom stereocenters. The summed E-state index contributed by atoms with van der Waals surface area (Å²) in [5.41, 5.74) is 0.503. The molecule has 0 amide bonds. The number of aromatic hydroxyl groups is 4. The third kappa shape index (κ3) is 1.80. The van der Waals surface area contributed by atoms with E-state index < -0.39 is 5.43 Å². The summed E-state index contributed by atoms with van der Waals surface area (Å²) in [5, 5.41) is 41.6. The first-order valence-corrected chi connectivity index (χ1v) is 7.14. The highest BCUT2D eigenvalue weighted by molar-refractivity contribution is 6.12. The Hall–Kier alpha value is -3.41. The first-order valence-electron chi connectivity index (χ1n) is 7.14. The molecule has 0 saturated carbocycles. The van der Waals surface area contributed by atoms with E-state index >= 15 is 0 Å². The lowest BCUT2D eigenvalue weighted by atomic mass is 10.0. The van der Waals surface area contributed by atoms with E-state index in [2.05, 4.69) is 0 Å². The van der Waals surface area contributed by atoms with Crippen LogP contribution >= 0.6 is 0 Å². The van der Waals surface area contributed by atoms with Crippen LogP contribution < -0.4 is 5.43 Å². The van der Waals surface area contributed by atoms with E-state index in [-0.39, 0.29) is 50.3 Å². The summed E-state index contributed by atoms with van der Waals surface area (Å²) in [6.45, 7) is 1.68. The van der Waals surface area contributed by atoms with Crippen LogP contribution in [0.2, 0.25) is 0 Å². The number of phenolic OH excluding ortho intramolecular Hbond substituents is 3. The lowest BCUT2D eigenvalue weighted by Gasteiger charge is -2.12.